The predicted molar refractivity (Wildman–Crippen MR) is 70.2 cm³/mol. The number of benzene rings is 1. The average molecular weight is 308 g/mol. The highest BCUT2D eigenvalue weighted by molar-refractivity contribution is 5.39. The van der Waals surface area contributed by atoms with E-state index in [2.05, 4.69) is 0 Å². The Morgan fingerprint density at radius 1 is 1.10 bits per heavy atom. The molecule has 0 saturated heterocycles. The molecule has 1 rings (SSSR count). The van der Waals surface area contributed by atoms with E-state index in [1.54, 1.807) is 7.11 Å². The summed E-state index contributed by atoms with van der Waals surface area (Å²) in [5.74, 6) is -0.239. The van der Waals surface area contributed by atoms with Gasteiger partial charge in [-0.15, -0.1) is 0 Å². The maximum absolute atomic E-state index is 12.9. The van der Waals surface area contributed by atoms with Crippen molar-refractivity contribution in [2.45, 2.75) is 19.2 Å². The molecular weight excluding hydrogens is 289 g/mol. The van der Waals surface area contributed by atoms with Gasteiger partial charge in [-0.25, -0.2) is 0 Å². The van der Waals surface area contributed by atoms with E-state index in [0.717, 1.165) is 6.07 Å². The van der Waals surface area contributed by atoms with Crippen LogP contribution in [-0.4, -0.2) is 38.6 Å². The first kappa shape index (κ1) is 17.7. The van der Waals surface area contributed by atoms with Crippen LogP contribution in [0.15, 0.2) is 18.2 Å². The van der Waals surface area contributed by atoms with Gasteiger partial charge >= 0.3 is 6.18 Å². The van der Waals surface area contributed by atoms with Crippen LogP contribution in [0.5, 0.6) is 5.75 Å². The molecule has 0 aromatic heterocycles. The minimum atomic E-state index is -4.52. The Hall–Kier alpha value is -1.31. The molecule has 120 valence electrons. The maximum atomic E-state index is 12.9. The minimum Gasteiger partial charge on any atom is -0.493 e. The van der Waals surface area contributed by atoms with Crippen molar-refractivity contribution in [2.75, 3.05) is 33.5 Å². The number of aliphatic hydroxyl groups excluding tert-OH is 1. The first-order chi connectivity index (χ1) is 9.99. The van der Waals surface area contributed by atoms with Crippen molar-refractivity contribution < 1.29 is 32.5 Å². The highest BCUT2D eigenvalue weighted by atomic mass is 19.4. The SMILES string of the molecule is COCCOCCCOc1ccc(CO)cc1C(F)(F)F. The van der Waals surface area contributed by atoms with Crippen molar-refractivity contribution in [2.24, 2.45) is 0 Å². The predicted octanol–water partition coefficient (Wildman–Crippen LogP) is 2.63. The maximum Gasteiger partial charge on any atom is 0.419 e. The molecule has 0 aliphatic carbocycles. The molecule has 0 heterocycles. The summed E-state index contributed by atoms with van der Waals surface area (Å²) in [5.41, 5.74) is -0.688. The van der Waals surface area contributed by atoms with E-state index in [0.29, 0.717) is 26.2 Å². The Morgan fingerprint density at radius 3 is 2.48 bits per heavy atom. The van der Waals surface area contributed by atoms with E-state index in [1.165, 1.54) is 12.1 Å². The lowest BCUT2D eigenvalue weighted by atomic mass is 10.1. The molecule has 1 aromatic rings. The molecule has 4 nitrogen and oxygen atoms in total. The molecule has 0 fully saturated rings. The van der Waals surface area contributed by atoms with Crippen LogP contribution in [0.25, 0.3) is 0 Å². The molecule has 0 atom stereocenters. The van der Waals surface area contributed by atoms with Crippen molar-refractivity contribution in [3.8, 4) is 5.75 Å². The Balaban J connectivity index is 2.51. The summed E-state index contributed by atoms with van der Waals surface area (Å²) in [4.78, 5) is 0. The fourth-order valence-corrected chi connectivity index (χ4v) is 1.61. The second-order valence-electron chi connectivity index (χ2n) is 4.29. The summed E-state index contributed by atoms with van der Waals surface area (Å²) in [6.45, 7) is 0.974. The van der Waals surface area contributed by atoms with Gasteiger partial charge in [0.1, 0.15) is 5.75 Å². The van der Waals surface area contributed by atoms with E-state index >= 15 is 0 Å². The Bertz CT molecular complexity index is 421. The summed E-state index contributed by atoms with van der Waals surface area (Å²) in [5, 5.41) is 8.90. The molecule has 7 heteroatoms. The number of methoxy groups -OCH3 is 1. The average Bonchev–Trinajstić information content (AvgIpc) is 2.45. The van der Waals surface area contributed by atoms with Gasteiger partial charge in [-0.05, 0) is 17.7 Å². The lowest BCUT2D eigenvalue weighted by Gasteiger charge is -2.15. The van der Waals surface area contributed by atoms with Crippen LogP contribution in [0.2, 0.25) is 0 Å². The van der Waals surface area contributed by atoms with Crippen molar-refractivity contribution >= 4 is 0 Å². The highest BCUT2D eigenvalue weighted by Gasteiger charge is 2.34. The number of ether oxygens (including phenoxy) is 3. The van der Waals surface area contributed by atoms with Crippen molar-refractivity contribution in [1.29, 1.82) is 0 Å². The van der Waals surface area contributed by atoms with Crippen LogP contribution in [0.4, 0.5) is 13.2 Å². The van der Waals surface area contributed by atoms with Crippen LogP contribution in [0, 0.1) is 0 Å². The van der Waals surface area contributed by atoms with Gasteiger partial charge < -0.3 is 19.3 Å². The van der Waals surface area contributed by atoms with E-state index in [-0.39, 0.29) is 17.9 Å². The topological polar surface area (TPSA) is 47.9 Å². The van der Waals surface area contributed by atoms with E-state index in [1.807, 2.05) is 0 Å². The molecule has 1 aromatic carbocycles. The number of aliphatic hydroxyl groups is 1. The van der Waals surface area contributed by atoms with Crippen LogP contribution in [-0.2, 0) is 22.3 Å². The number of rotatable bonds is 9. The quantitative estimate of drug-likeness (QED) is 0.713. The molecule has 0 aliphatic rings. The normalized spacial score (nSPS) is 11.7. The zero-order chi connectivity index (χ0) is 15.7. The number of halogens is 3. The standard InChI is InChI=1S/C14H19F3O4/c1-19-7-8-20-5-2-6-21-13-4-3-11(10-18)9-12(13)14(15,16)17/h3-4,9,18H,2,5-8,10H2,1H3. The van der Waals surface area contributed by atoms with Gasteiger partial charge in [0.2, 0.25) is 0 Å². The third kappa shape index (κ3) is 6.33. The lowest BCUT2D eigenvalue weighted by Crippen LogP contribution is -2.11. The van der Waals surface area contributed by atoms with Crippen molar-refractivity contribution in [3.05, 3.63) is 29.3 Å². The molecule has 1 N–H and O–H groups in total. The number of hydrogen-bond donors (Lipinski definition) is 1. The van der Waals surface area contributed by atoms with Crippen molar-refractivity contribution in [3.63, 3.8) is 0 Å². The van der Waals surface area contributed by atoms with Crippen LogP contribution in [0.3, 0.4) is 0 Å². The van der Waals surface area contributed by atoms with Crippen LogP contribution < -0.4 is 4.74 Å². The molecule has 0 unspecified atom stereocenters. The van der Waals surface area contributed by atoms with Gasteiger partial charge in [-0.3, -0.25) is 0 Å². The van der Waals surface area contributed by atoms with Gasteiger partial charge in [0, 0.05) is 20.1 Å². The third-order valence-electron chi connectivity index (χ3n) is 2.65. The number of hydrogen-bond acceptors (Lipinski definition) is 4. The summed E-state index contributed by atoms with van der Waals surface area (Å²) >= 11 is 0. The fraction of sp³-hybridized carbons (Fsp3) is 0.571. The zero-order valence-electron chi connectivity index (χ0n) is 11.8. The molecular formula is C14H19F3O4. The van der Waals surface area contributed by atoms with Crippen LogP contribution in [0.1, 0.15) is 17.5 Å². The zero-order valence-corrected chi connectivity index (χ0v) is 11.8. The summed E-state index contributed by atoms with van der Waals surface area (Å²) < 4.78 is 53.8. The molecule has 0 aliphatic heterocycles. The summed E-state index contributed by atoms with van der Waals surface area (Å²) in [6, 6.07) is 3.52. The third-order valence-corrected chi connectivity index (χ3v) is 2.65. The molecule has 0 spiro atoms. The van der Waals surface area contributed by atoms with Crippen molar-refractivity contribution in [1.82, 2.24) is 0 Å². The smallest absolute Gasteiger partial charge is 0.419 e. The Kier molecular flexibility index (Phi) is 7.49. The van der Waals surface area contributed by atoms with Gasteiger partial charge in [0.15, 0.2) is 0 Å². The van der Waals surface area contributed by atoms with Gasteiger partial charge in [0.25, 0.3) is 0 Å². The first-order valence-corrected chi connectivity index (χ1v) is 6.49. The summed E-state index contributed by atoms with van der Waals surface area (Å²) in [6.07, 6.45) is -4.04. The van der Waals surface area contributed by atoms with Crippen LogP contribution >= 0.6 is 0 Å². The molecule has 0 radical (unpaired) electrons. The van der Waals surface area contributed by atoms with E-state index in [9.17, 15) is 13.2 Å². The van der Waals surface area contributed by atoms with Gasteiger partial charge in [-0.2, -0.15) is 13.2 Å². The van der Waals surface area contributed by atoms with Gasteiger partial charge in [-0.1, -0.05) is 6.07 Å². The first-order valence-electron chi connectivity index (χ1n) is 6.49. The Labute approximate surface area is 121 Å². The van der Waals surface area contributed by atoms with E-state index < -0.39 is 18.3 Å². The molecule has 0 bridgehead atoms. The molecule has 21 heavy (non-hydrogen) atoms. The largest absolute Gasteiger partial charge is 0.493 e. The second-order valence-corrected chi connectivity index (χ2v) is 4.29. The fourth-order valence-electron chi connectivity index (χ4n) is 1.61. The van der Waals surface area contributed by atoms with E-state index in [4.69, 9.17) is 19.3 Å². The Morgan fingerprint density at radius 2 is 1.86 bits per heavy atom. The molecule has 0 amide bonds. The van der Waals surface area contributed by atoms with Gasteiger partial charge in [0.05, 0.1) is 32.0 Å². The second kappa shape index (κ2) is 8.86. The minimum absolute atomic E-state index is 0.120. The monoisotopic (exact) mass is 308 g/mol. The lowest BCUT2D eigenvalue weighted by molar-refractivity contribution is -0.139. The number of alkyl halides is 3. The highest BCUT2D eigenvalue weighted by Crippen LogP contribution is 2.36. The molecule has 0 saturated carbocycles. The summed E-state index contributed by atoms with van der Waals surface area (Å²) in [7, 11) is 1.56.